The molecule has 0 bridgehead atoms. The zero-order valence-electron chi connectivity index (χ0n) is 14.6. The van der Waals surface area contributed by atoms with Crippen molar-refractivity contribution in [2.75, 3.05) is 11.9 Å². The van der Waals surface area contributed by atoms with Gasteiger partial charge in [-0.3, -0.25) is 29.0 Å². The van der Waals surface area contributed by atoms with Crippen LogP contribution in [-0.2, 0) is 18.6 Å². The molecule has 0 radical (unpaired) electrons. The van der Waals surface area contributed by atoms with Gasteiger partial charge < -0.3 is 19.3 Å². The van der Waals surface area contributed by atoms with E-state index in [4.69, 9.17) is 9.63 Å². The molecule has 0 aromatic carbocycles. The van der Waals surface area contributed by atoms with Crippen molar-refractivity contribution in [3.8, 4) is 0 Å². The molecule has 1 aliphatic rings. The van der Waals surface area contributed by atoms with E-state index in [2.05, 4.69) is 24.8 Å². The third kappa shape index (κ3) is 4.25. The minimum absolute atomic E-state index is 0.0229. The zero-order chi connectivity index (χ0) is 19.7. The summed E-state index contributed by atoms with van der Waals surface area (Å²) in [6.07, 6.45) is -0.959. The lowest BCUT2D eigenvalue weighted by molar-refractivity contribution is -0.118. The Labute approximate surface area is 153 Å². The molecule has 2 aromatic heterocycles. The maximum atomic E-state index is 12.2. The molecule has 4 N–H and O–H groups in total. The number of hydrogen-bond donors (Lipinski definition) is 4. The van der Waals surface area contributed by atoms with Crippen LogP contribution in [0.3, 0.4) is 0 Å². The quantitative estimate of drug-likeness (QED) is 0.477. The van der Waals surface area contributed by atoms with Crippen LogP contribution in [0.5, 0.6) is 0 Å². The highest BCUT2D eigenvalue weighted by molar-refractivity contribution is 7.32. The highest BCUT2D eigenvalue weighted by Crippen LogP contribution is 2.32. The SMILES string of the molecule is CC(C)C(=O)Nc1nc2c(ncn2[C@H]2C[C@H](O)[C@@H](CO[PH](=O)O)O2)c(=O)[nH]1. The number of fused-ring (bicyclic) bond motifs is 1. The summed E-state index contributed by atoms with van der Waals surface area (Å²) in [5.74, 6) is -0.637. The fourth-order valence-corrected chi connectivity index (χ4v) is 2.95. The number of nitrogens with zero attached hydrogens (tertiary/aromatic N) is 3. The van der Waals surface area contributed by atoms with Gasteiger partial charge in [0.05, 0.1) is 19.0 Å². The van der Waals surface area contributed by atoms with Crippen LogP contribution in [0.15, 0.2) is 11.1 Å². The van der Waals surface area contributed by atoms with Crippen LogP contribution >= 0.6 is 8.25 Å². The van der Waals surface area contributed by atoms with E-state index in [1.807, 2.05) is 0 Å². The molecule has 1 unspecified atom stereocenters. The van der Waals surface area contributed by atoms with Gasteiger partial charge in [-0.25, -0.2) is 4.98 Å². The van der Waals surface area contributed by atoms with Crippen molar-refractivity contribution in [3.63, 3.8) is 0 Å². The van der Waals surface area contributed by atoms with E-state index in [9.17, 15) is 19.3 Å². The van der Waals surface area contributed by atoms with Crippen LogP contribution in [0, 0.1) is 5.92 Å². The molecule has 1 amide bonds. The molecule has 0 aliphatic carbocycles. The topological polar surface area (TPSA) is 169 Å². The predicted molar refractivity (Wildman–Crippen MR) is 93.3 cm³/mol. The molecule has 3 heterocycles. The van der Waals surface area contributed by atoms with E-state index in [1.165, 1.54) is 10.9 Å². The fourth-order valence-electron chi connectivity index (χ4n) is 2.65. The van der Waals surface area contributed by atoms with Crippen molar-refractivity contribution in [3.05, 3.63) is 16.7 Å². The van der Waals surface area contributed by atoms with Crippen LogP contribution < -0.4 is 10.9 Å². The van der Waals surface area contributed by atoms with Crippen LogP contribution in [0.25, 0.3) is 11.2 Å². The number of aliphatic hydroxyl groups is 1. The summed E-state index contributed by atoms with van der Waals surface area (Å²) in [5, 5.41) is 12.6. The van der Waals surface area contributed by atoms with E-state index in [0.717, 1.165) is 0 Å². The Hall–Kier alpha value is -2.11. The maximum absolute atomic E-state index is 12.2. The van der Waals surface area contributed by atoms with Gasteiger partial charge in [0.25, 0.3) is 5.56 Å². The first-order valence-corrected chi connectivity index (χ1v) is 9.49. The van der Waals surface area contributed by atoms with E-state index < -0.39 is 32.2 Å². The zero-order valence-corrected chi connectivity index (χ0v) is 15.6. The number of amides is 1. The van der Waals surface area contributed by atoms with Crippen molar-refractivity contribution >= 4 is 31.3 Å². The number of carbonyl (C=O) groups excluding carboxylic acids is 1. The molecule has 3 rings (SSSR count). The number of aromatic amines is 1. The third-order valence-corrected chi connectivity index (χ3v) is 4.50. The van der Waals surface area contributed by atoms with Crippen LogP contribution in [0.4, 0.5) is 5.95 Å². The second kappa shape index (κ2) is 7.87. The molecule has 0 spiro atoms. The van der Waals surface area contributed by atoms with Gasteiger partial charge >= 0.3 is 8.25 Å². The monoisotopic (exact) mass is 401 g/mol. The van der Waals surface area contributed by atoms with Gasteiger partial charge in [-0.05, 0) is 0 Å². The van der Waals surface area contributed by atoms with E-state index in [0.29, 0.717) is 0 Å². The Balaban J connectivity index is 1.87. The average Bonchev–Trinajstić information content (AvgIpc) is 3.16. The van der Waals surface area contributed by atoms with Crippen LogP contribution in [-0.4, -0.2) is 54.2 Å². The molecule has 1 fully saturated rings. The van der Waals surface area contributed by atoms with Crippen molar-refractivity contribution in [1.82, 2.24) is 19.5 Å². The summed E-state index contributed by atoms with van der Waals surface area (Å²) < 4.78 is 22.4. The van der Waals surface area contributed by atoms with Gasteiger partial charge in [0.1, 0.15) is 12.3 Å². The van der Waals surface area contributed by atoms with Gasteiger partial charge in [-0.1, -0.05) is 13.8 Å². The number of aromatic nitrogens is 4. The first-order chi connectivity index (χ1) is 12.8. The predicted octanol–water partition coefficient (Wildman–Crippen LogP) is -0.239. The van der Waals surface area contributed by atoms with Gasteiger partial charge in [-0.15, -0.1) is 0 Å². The number of hydrogen-bond acceptors (Lipinski definition) is 8. The van der Waals surface area contributed by atoms with E-state index in [-0.39, 0.29) is 42.0 Å². The molecule has 1 aliphatic heterocycles. The summed E-state index contributed by atoms with van der Waals surface area (Å²) >= 11 is 0. The lowest BCUT2D eigenvalue weighted by atomic mass is 10.2. The molecule has 1 saturated heterocycles. The van der Waals surface area contributed by atoms with Gasteiger partial charge in [0, 0.05) is 12.3 Å². The summed E-state index contributed by atoms with van der Waals surface area (Å²) in [6.45, 7) is 3.16. The lowest BCUT2D eigenvalue weighted by Crippen LogP contribution is -2.25. The molecule has 0 saturated carbocycles. The number of rotatable bonds is 6. The average molecular weight is 401 g/mol. The Morgan fingerprint density at radius 1 is 1.59 bits per heavy atom. The molecular weight excluding hydrogens is 381 g/mol. The minimum atomic E-state index is -3.14. The van der Waals surface area contributed by atoms with Crippen molar-refractivity contribution in [1.29, 1.82) is 0 Å². The Morgan fingerprint density at radius 3 is 3.00 bits per heavy atom. The smallest absolute Gasteiger partial charge is 0.316 e. The summed E-state index contributed by atoms with van der Waals surface area (Å²) in [4.78, 5) is 43.5. The first kappa shape index (κ1) is 19.6. The molecule has 12 nitrogen and oxygen atoms in total. The summed E-state index contributed by atoms with van der Waals surface area (Å²) in [7, 11) is -3.14. The first-order valence-electron chi connectivity index (χ1n) is 8.23. The van der Waals surface area contributed by atoms with Crippen molar-refractivity contribution in [2.45, 2.75) is 38.7 Å². The van der Waals surface area contributed by atoms with Gasteiger partial charge in [-0.2, -0.15) is 4.98 Å². The number of nitrogens with one attached hydrogen (secondary N) is 2. The maximum Gasteiger partial charge on any atom is 0.316 e. The number of anilines is 1. The fraction of sp³-hybridized carbons (Fsp3) is 0.571. The van der Waals surface area contributed by atoms with Gasteiger partial charge in [0.15, 0.2) is 11.2 Å². The molecule has 148 valence electrons. The number of carbonyl (C=O) groups is 1. The van der Waals surface area contributed by atoms with Crippen LogP contribution in [0.1, 0.15) is 26.5 Å². The molecule has 27 heavy (non-hydrogen) atoms. The Bertz CT molecular complexity index is 926. The second-order valence-corrected chi connectivity index (χ2v) is 7.21. The largest absolute Gasteiger partial charge is 0.390 e. The number of ether oxygens (including phenoxy) is 1. The number of imidazole rings is 1. The van der Waals surface area contributed by atoms with E-state index in [1.54, 1.807) is 13.8 Å². The Morgan fingerprint density at radius 2 is 2.33 bits per heavy atom. The third-order valence-electron chi connectivity index (χ3n) is 4.08. The van der Waals surface area contributed by atoms with Gasteiger partial charge in [0.2, 0.25) is 11.9 Å². The van der Waals surface area contributed by atoms with Crippen molar-refractivity contribution in [2.24, 2.45) is 5.92 Å². The number of aliphatic hydroxyl groups excluding tert-OH is 1. The van der Waals surface area contributed by atoms with Crippen LogP contribution in [0.2, 0.25) is 0 Å². The van der Waals surface area contributed by atoms with E-state index >= 15 is 0 Å². The van der Waals surface area contributed by atoms with Crippen molar-refractivity contribution < 1.29 is 28.6 Å². The summed E-state index contributed by atoms with van der Waals surface area (Å²) in [5.41, 5.74) is -0.307. The second-order valence-electron chi connectivity index (χ2n) is 6.39. The highest BCUT2D eigenvalue weighted by atomic mass is 31.1. The summed E-state index contributed by atoms with van der Waals surface area (Å²) in [6, 6.07) is 0. The number of H-pyrrole nitrogens is 1. The highest BCUT2D eigenvalue weighted by Gasteiger charge is 2.36. The molecule has 4 atom stereocenters. The molecular formula is C14H20N5O7P. The molecule has 2 aromatic rings. The molecule has 13 heteroatoms. The minimum Gasteiger partial charge on any atom is -0.390 e. The normalized spacial score (nSPS) is 23.8. The standard InChI is InChI=1S/C14H20N5O7P/c1-6(2)12(21)17-14-16-11-10(13(22)18-14)15-5-19(11)9-3-7(20)8(26-9)4-25-27(23)24/h5-9,20,27H,3-4H2,1-2H3,(H,23,24)(H2,16,17,18,21,22)/t7-,8+,9+/m0/s1. The lowest BCUT2D eigenvalue weighted by Gasteiger charge is -2.15. The Kier molecular flexibility index (Phi) is 5.72.